The maximum atomic E-state index is 5.33. The minimum atomic E-state index is -0.00444. The Bertz CT molecular complexity index is 304. The molecule has 0 spiro atoms. The minimum Gasteiger partial charge on any atom is -0.370 e. The summed E-state index contributed by atoms with van der Waals surface area (Å²) < 4.78 is 0. The van der Waals surface area contributed by atoms with E-state index < -0.39 is 0 Å². The highest BCUT2D eigenvalue weighted by atomic mass is 15.1. The smallest absolute Gasteiger partial charge is 0.187 e. The molecule has 0 saturated heterocycles. The Morgan fingerprint density at radius 3 is 2.53 bits per heavy atom. The van der Waals surface area contributed by atoms with E-state index in [1.807, 2.05) is 25.1 Å². The third kappa shape index (κ3) is 4.46. The van der Waals surface area contributed by atoms with Crippen molar-refractivity contribution < 1.29 is 0 Å². The molecule has 15 heavy (non-hydrogen) atoms. The Morgan fingerprint density at radius 2 is 2.00 bits per heavy atom. The fourth-order valence-corrected chi connectivity index (χ4v) is 1.29. The van der Waals surface area contributed by atoms with E-state index >= 15 is 0 Å². The van der Waals surface area contributed by atoms with Crippen LogP contribution in [0.3, 0.4) is 0 Å². The van der Waals surface area contributed by atoms with Crippen molar-refractivity contribution in [3.8, 4) is 0 Å². The molecule has 4 nitrogen and oxygen atoms in total. The number of hydrogen-bond acceptors (Lipinski definition) is 2. The Labute approximate surface area is 90.4 Å². The first-order chi connectivity index (χ1) is 7.22. The maximum absolute atomic E-state index is 5.33. The van der Waals surface area contributed by atoms with Gasteiger partial charge in [0.2, 0.25) is 0 Å². The average molecular weight is 206 g/mol. The molecule has 82 valence electrons. The SMILES string of the molecule is CCC(N=C(N)N)NCc1ccccc1. The van der Waals surface area contributed by atoms with Crippen LogP contribution in [0.15, 0.2) is 35.3 Å². The van der Waals surface area contributed by atoms with Crippen molar-refractivity contribution in [1.82, 2.24) is 5.32 Å². The second kappa shape index (κ2) is 6.03. The lowest BCUT2D eigenvalue weighted by Crippen LogP contribution is -2.32. The molecule has 5 N–H and O–H groups in total. The van der Waals surface area contributed by atoms with Crippen molar-refractivity contribution in [3.63, 3.8) is 0 Å². The highest BCUT2D eigenvalue weighted by Gasteiger charge is 2.02. The highest BCUT2D eigenvalue weighted by molar-refractivity contribution is 5.75. The number of nitrogens with two attached hydrogens (primary N) is 2. The molecule has 0 aromatic heterocycles. The van der Waals surface area contributed by atoms with Crippen LogP contribution in [-0.4, -0.2) is 12.1 Å². The van der Waals surface area contributed by atoms with Gasteiger partial charge >= 0.3 is 0 Å². The number of nitrogens with one attached hydrogen (secondary N) is 1. The van der Waals surface area contributed by atoms with E-state index in [9.17, 15) is 0 Å². The lowest BCUT2D eigenvalue weighted by Gasteiger charge is -2.12. The summed E-state index contributed by atoms with van der Waals surface area (Å²) in [7, 11) is 0. The van der Waals surface area contributed by atoms with E-state index in [1.165, 1.54) is 5.56 Å². The summed E-state index contributed by atoms with van der Waals surface area (Å²) in [6, 6.07) is 10.2. The van der Waals surface area contributed by atoms with E-state index in [0.29, 0.717) is 0 Å². The summed E-state index contributed by atoms with van der Waals surface area (Å²) in [4.78, 5) is 4.07. The van der Waals surface area contributed by atoms with E-state index in [2.05, 4.69) is 22.4 Å². The van der Waals surface area contributed by atoms with Crippen LogP contribution in [0.2, 0.25) is 0 Å². The standard InChI is InChI=1S/C11H18N4/c1-2-10(15-11(12)13)14-8-9-6-4-3-5-7-9/h3-7,10,14H,2,8H2,1H3,(H4,12,13,15). The Hall–Kier alpha value is -1.55. The van der Waals surface area contributed by atoms with E-state index in [1.54, 1.807) is 0 Å². The third-order valence-electron chi connectivity index (χ3n) is 2.08. The monoisotopic (exact) mass is 206 g/mol. The first-order valence-electron chi connectivity index (χ1n) is 5.08. The molecule has 1 unspecified atom stereocenters. The van der Waals surface area contributed by atoms with Crippen LogP contribution in [0, 0.1) is 0 Å². The molecule has 0 aliphatic rings. The Balaban J connectivity index is 2.45. The number of nitrogens with zero attached hydrogens (tertiary/aromatic N) is 1. The summed E-state index contributed by atoms with van der Waals surface area (Å²) in [6.07, 6.45) is 0.861. The van der Waals surface area contributed by atoms with E-state index in [0.717, 1.165) is 13.0 Å². The zero-order valence-electron chi connectivity index (χ0n) is 8.98. The number of guanidine groups is 1. The van der Waals surface area contributed by atoms with Crippen molar-refractivity contribution in [2.45, 2.75) is 26.1 Å². The van der Waals surface area contributed by atoms with E-state index in [4.69, 9.17) is 11.5 Å². The Morgan fingerprint density at radius 1 is 1.33 bits per heavy atom. The Kier molecular flexibility index (Phi) is 4.63. The molecule has 0 aliphatic carbocycles. The van der Waals surface area contributed by atoms with Crippen molar-refractivity contribution in [2.24, 2.45) is 16.5 Å². The average Bonchev–Trinajstić information content (AvgIpc) is 2.25. The van der Waals surface area contributed by atoms with Crippen LogP contribution >= 0.6 is 0 Å². The van der Waals surface area contributed by atoms with Gasteiger partial charge < -0.3 is 11.5 Å². The zero-order chi connectivity index (χ0) is 11.1. The topological polar surface area (TPSA) is 76.4 Å². The molecule has 0 aliphatic heterocycles. The molecule has 0 saturated carbocycles. The number of benzene rings is 1. The van der Waals surface area contributed by atoms with E-state index in [-0.39, 0.29) is 12.1 Å². The summed E-state index contributed by atoms with van der Waals surface area (Å²) in [5.74, 6) is 0.127. The van der Waals surface area contributed by atoms with Gasteiger partial charge in [0, 0.05) is 6.54 Å². The molecular formula is C11H18N4. The zero-order valence-corrected chi connectivity index (χ0v) is 8.98. The van der Waals surface area contributed by atoms with Crippen molar-refractivity contribution in [1.29, 1.82) is 0 Å². The highest BCUT2D eigenvalue weighted by Crippen LogP contribution is 2.00. The van der Waals surface area contributed by atoms with Gasteiger partial charge in [-0.15, -0.1) is 0 Å². The maximum Gasteiger partial charge on any atom is 0.187 e. The number of hydrogen-bond donors (Lipinski definition) is 3. The quantitative estimate of drug-likeness (QED) is 0.492. The molecule has 4 heteroatoms. The predicted octanol–water partition coefficient (Wildman–Crippen LogP) is 0.786. The van der Waals surface area contributed by atoms with Crippen molar-refractivity contribution in [2.75, 3.05) is 0 Å². The molecule has 0 heterocycles. The van der Waals surface area contributed by atoms with Gasteiger partial charge in [0.15, 0.2) is 5.96 Å². The molecule has 0 radical (unpaired) electrons. The van der Waals surface area contributed by atoms with Crippen LogP contribution in [0.25, 0.3) is 0 Å². The molecule has 0 amide bonds. The van der Waals surface area contributed by atoms with Crippen LogP contribution in [0.1, 0.15) is 18.9 Å². The van der Waals surface area contributed by atoms with Crippen molar-refractivity contribution >= 4 is 5.96 Å². The first-order valence-corrected chi connectivity index (χ1v) is 5.08. The third-order valence-corrected chi connectivity index (χ3v) is 2.08. The van der Waals surface area contributed by atoms with Gasteiger partial charge in [-0.3, -0.25) is 5.32 Å². The van der Waals surface area contributed by atoms with Crippen LogP contribution in [0.5, 0.6) is 0 Å². The van der Waals surface area contributed by atoms with Crippen LogP contribution in [0.4, 0.5) is 0 Å². The summed E-state index contributed by atoms with van der Waals surface area (Å²) in [5, 5.41) is 3.27. The molecule has 0 fully saturated rings. The predicted molar refractivity (Wildman–Crippen MR) is 63.2 cm³/mol. The second-order valence-corrected chi connectivity index (χ2v) is 3.34. The molecule has 0 bridgehead atoms. The van der Waals surface area contributed by atoms with Gasteiger partial charge in [-0.2, -0.15) is 0 Å². The summed E-state index contributed by atoms with van der Waals surface area (Å²) in [5.41, 5.74) is 11.9. The van der Waals surface area contributed by atoms with Gasteiger partial charge in [-0.1, -0.05) is 37.3 Å². The first kappa shape index (κ1) is 11.5. The molecular weight excluding hydrogens is 188 g/mol. The fourth-order valence-electron chi connectivity index (χ4n) is 1.29. The van der Waals surface area contributed by atoms with Gasteiger partial charge in [-0.05, 0) is 12.0 Å². The number of rotatable bonds is 5. The molecule has 1 rings (SSSR count). The fraction of sp³-hybridized carbons (Fsp3) is 0.364. The summed E-state index contributed by atoms with van der Waals surface area (Å²) in [6.45, 7) is 2.81. The molecule has 1 atom stereocenters. The van der Waals surface area contributed by atoms with Crippen molar-refractivity contribution in [3.05, 3.63) is 35.9 Å². The minimum absolute atomic E-state index is 0.00444. The molecule has 1 aromatic rings. The normalized spacial score (nSPS) is 12.1. The van der Waals surface area contributed by atoms with Crippen LogP contribution in [-0.2, 0) is 6.54 Å². The second-order valence-electron chi connectivity index (χ2n) is 3.34. The summed E-state index contributed by atoms with van der Waals surface area (Å²) >= 11 is 0. The lowest BCUT2D eigenvalue weighted by molar-refractivity contribution is 0.515. The largest absolute Gasteiger partial charge is 0.370 e. The van der Waals surface area contributed by atoms with Gasteiger partial charge in [-0.25, -0.2) is 4.99 Å². The van der Waals surface area contributed by atoms with Gasteiger partial charge in [0.25, 0.3) is 0 Å². The van der Waals surface area contributed by atoms with Gasteiger partial charge in [0.1, 0.15) is 6.17 Å². The van der Waals surface area contributed by atoms with Crippen LogP contribution < -0.4 is 16.8 Å². The number of aliphatic imine (C=N–C) groups is 1. The molecule has 1 aromatic carbocycles. The van der Waals surface area contributed by atoms with Gasteiger partial charge in [0.05, 0.1) is 0 Å². The lowest BCUT2D eigenvalue weighted by atomic mass is 10.2.